The van der Waals surface area contributed by atoms with Crippen LogP contribution in [0.25, 0.3) is 0 Å². The molecule has 20 heavy (non-hydrogen) atoms. The first-order chi connectivity index (χ1) is 9.60. The Morgan fingerprint density at radius 1 is 1.30 bits per heavy atom. The van der Waals surface area contributed by atoms with Crippen LogP contribution in [0.1, 0.15) is 5.56 Å². The van der Waals surface area contributed by atoms with Gasteiger partial charge in [-0.05, 0) is 24.3 Å². The average molecular weight is 292 g/mol. The number of carbonyl (C=O) groups is 1. The second-order valence-electron chi connectivity index (χ2n) is 4.20. The summed E-state index contributed by atoms with van der Waals surface area (Å²) < 4.78 is 5.20. The van der Waals surface area contributed by atoms with Crippen LogP contribution in [0.4, 0.5) is 5.69 Å². The predicted molar refractivity (Wildman–Crippen MR) is 78.4 cm³/mol. The number of halogens is 1. The molecule has 104 valence electrons. The second-order valence-corrected chi connectivity index (χ2v) is 4.61. The SMILES string of the molecule is COc1ccccc1CC(=O)Nc1ccc(O)c(Cl)c1. The summed E-state index contributed by atoms with van der Waals surface area (Å²) in [4.78, 5) is 12.0. The number of para-hydroxylation sites is 1. The fraction of sp³-hybridized carbons (Fsp3) is 0.133. The van der Waals surface area contributed by atoms with Crippen LogP contribution in [0, 0.1) is 0 Å². The molecule has 2 N–H and O–H groups in total. The number of anilines is 1. The Hall–Kier alpha value is -2.20. The monoisotopic (exact) mass is 291 g/mol. The number of phenolic OH excluding ortho intramolecular Hbond substituents is 1. The van der Waals surface area contributed by atoms with E-state index in [-0.39, 0.29) is 23.1 Å². The smallest absolute Gasteiger partial charge is 0.228 e. The van der Waals surface area contributed by atoms with Crippen LogP contribution >= 0.6 is 11.6 Å². The van der Waals surface area contributed by atoms with Crippen LogP contribution in [0.2, 0.25) is 5.02 Å². The van der Waals surface area contributed by atoms with Crippen molar-refractivity contribution in [2.75, 3.05) is 12.4 Å². The first-order valence-corrected chi connectivity index (χ1v) is 6.38. The predicted octanol–water partition coefficient (Wildman–Crippen LogP) is 3.24. The molecule has 0 heterocycles. The van der Waals surface area contributed by atoms with E-state index in [9.17, 15) is 9.90 Å². The highest BCUT2D eigenvalue weighted by Crippen LogP contribution is 2.26. The van der Waals surface area contributed by atoms with Crippen molar-refractivity contribution in [3.8, 4) is 11.5 Å². The Bertz CT molecular complexity index is 628. The number of nitrogens with one attached hydrogen (secondary N) is 1. The van der Waals surface area contributed by atoms with E-state index in [1.165, 1.54) is 12.1 Å². The molecule has 0 aliphatic heterocycles. The lowest BCUT2D eigenvalue weighted by molar-refractivity contribution is -0.115. The molecule has 0 unspecified atom stereocenters. The molecule has 0 bridgehead atoms. The highest BCUT2D eigenvalue weighted by Gasteiger charge is 2.09. The van der Waals surface area contributed by atoms with Crippen molar-refractivity contribution >= 4 is 23.2 Å². The van der Waals surface area contributed by atoms with E-state index in [0.717, 1.165) is 5.56 Å². The molecule has 1 amide bonds. The summed E-state index contributed by atoms with van der Waals surface area (Å²) in [6.45, 7) is 0. The third-order valence-electron chi connectivity index (χ3n) is 2.77. The summed E-state index contributed by atoms with van der Waals surface area (Å²) in [7, 11) is 1.57. The maximum absolute atomic E-state index is 12.0. The minimum absolute atomic E-state index is 0.0191. The maximum atomic E-state index is 12.0. The first kappa shape index (κ1) is 14.2. The summed E-state index contributed by atoms with van der Waals surface area (Å²) in [6.07, 6.45) is 0.197. The average Bonchev–Trinajstić information content (AvgIpc) is 2.43. The van der Waals surface area contributed by atoms with Gasteiger partial charge in [-0.3, -0.25) is 4.79 Å². The Balaban J connectivity index is 2.07. The number of hydrogen-bond acceptors (Lipinski definition) is 3. The highest BCUT2D eigenvalue weighted by atomic mass is 35.5. The van der Waals surface area contributed by atoms with Gasteiger partial charge in [0, 0.05) is 11.3 Å². The van der Waals surface area contributed by atoms with Crippen LogP contribution in [-0.2, 0) is 11.2 Å². The van der Waals surface area contributed by atoms with Crippen molar-refractivity contribution in [3.63, 3.8) is 0 Å². The van der Waals surface area contributed by atoms with Crippen molar-refractivity contribution in [2.45, 2.75) is 6.42 Å². The van der Waals surface area contributed by atoms with Crippen molar-refractivity contribution < 1.29 is 14.6 Å². The molecule has 0 fully saturated rings. The molecule has 0 saturated carbocycles. The minimum atomic E-state index is -0.184. The molecule has 0 atom stereocenters. The number of hydrogen-bond donors (Lipinski definition) is 2. The van der Waals surface area contributed by atoms with Crippen molar-refractivity contribution in [1.29, 1.82) is 0 Å². The quantitative estimate of drug-likeness (QED) is 0.850. The summed E-state index contributed by atoms with van der Waals surface area (Å²) in [6, 6.07) is 11.9. The van der Waals surface area contributed by atoms with Crippen LogP contribution in [0.3, 0.4) is 0 Å². The summed E-state index contributed by atoms with van der Waals surface area (Å²) in [5.74, 6) is 0.469. The molecule has 0 aliphatic rings. The van der Waals surface area contributed by atoms with Crippen LogP contribution < -0.4 is 10.1 Å². The van der Waals surface area contributed by atoms with Gasteiger partial charge < -0.3 is 15.2 Å². The second kappa shape index (κ2) is 6.30. The Morgan fingerprint density at radius 3 is 2.75 bits per heavy atom. The van der Waals surface area contributed by atoms with Gasteiger partial charge in [-0.15, -0.1) is 0 Å². The van der Waals surface area contributed by atoms with E-state index in [4.69, 9.17) is 16.3 Å². The lowest BCUT2D eigenvalue weighted by Crippen LogP contribution is -2.14. The number of benzene rings is 2. The van der Waals surface area contributed by atoms with E-state index < -0.39 is 0 Å². The zero-order valence-electron chi connectivity index (χ0n) is 10.9. The molecule has 0 aliphatic carbocycles. The van der Waals surface area contributed by atoms with Crippen LogP contribution in [-0.4, -0.2) is 18.1 Å². The molecule has 0 saturated heterocycles. The zero-order chi connectivity index (χ0) is 14.5. The van der Waals surface area contributed by atoms with Gasteiger partial charge in [-0.1, -0.05) is 29.8 Å². The number of amides is 1. The molecule has 0 aromatic heterocycles. The van der Waals surface area contributed by atoms with Crippen LogP contribution in [0.15, 0.2) is 42.5 Å². The van der Waals surface area contributed by atoms with Crippen molar-refractivity contribution in [3.05, 3.63) is 53.1 Å². The number of methoxy groups -OCH3 is 1. The molecule has 2 aromatic carbocycles. The largest absolute Gasteiger partial charge is 0.506 e. The number of ether oxygens (including phenoxy) is 1. The van der Waals surface area contributed by atoms with E-state index in [0.29, 0.717) is 11.4 Å². The summed E-state index contributed by atoms with van der Waals surface area (Å²) in [5, 5.41) is 12.2. The van der Waals surface area contributed by atoms with E-state index in [2.05, 4.69) is 5.32 Å². The summed E-state index contributed by atoms with van der Waals surface area (Å²) >= 11 is 5.78. The molecule has 2 rings (SSSR count). The fourth-order valence-corrected chi connectivity index (χ4v) is 1.99. The van der Waals surface area contributed by atoms with E-state index >= 15 is 0 Å². The van der Waals surface area contributed by atoms with Gasteiger partial charge in [0.1, 0.15) is 11.5 Å². The van der Waals surface area contributed by atoms with Gasteiger partial charge in [0.15, 0.2) is 0 Å². The molecule has 0 radical (unpaired) electrons. The van der Waals surface area contributed by atoms with Crippen LogP contribution in [0.5, 0.6) is 11.5 Å². The zero-order valence-corrected chi connectivity index (χ0v) is 11.6. The Morgan fingerprint density at radius 2 is 2.05 bits per heavy atom. The third kappa shape index (κ3) is 3.42. The molecule has 0 spiro atoms. The minimum Gasteiger partial charge on any atom is -0.506 e. The number of aromatic hydroxyl groups is 1. The van der Waals surface area contributed by atoms with Crippen molar-refractivity contribution in [1.82, 2.24) is 0 Å². The molecule has 5 heteroatoms. The van der Waals surface area contributed by atoms with Gasteiger partial charge in [-0.2, -0.15) is 0 Å². The topological polar surface area (TPSA) is 58.6 Å². The van der Waals surface area contributed by atoms with E-state index in [1.807, 2.05) is 18.2 Å². The number of phenols is 1. The maximum Gasteiger partial charge on any atom is 0.228 e. The van der Waals surface area contributed by atoms with E-state index in [1.54, 1.807) is 19.2 Å². The molecular weight excluding hydrogens is 278 g/mol. The number of rotatable bonds is 4. The molecular formula is C15H14ClNO3. The lowest BCUT2D eigenvalue weighted by Gasteiger charge is -2.09. The fourth-order valence-electron chi connectivity index (χ4n) is 1.81. The summed E-state index contributed by atoms with van der Waals surface area (Å²) in [5.41, 5.74) is 1.34. The Kier molecular flexibility index (Phi) is 4.48. The third-order valence-corrected chi connectivity index (χ3v) is 3.08. The first-order valence-electron chi connectivity index (χ1n) is 6.00. The van der Waals surface area contributed by atoms with Crippen molar-refractivity contribution in [2.24, 2.45) is 0 Å². The van der Waals surface area contributed by atoms with Gasteiger partial charge in [-0.25, -0.2) is 0 Å². The Labute approximate surface area is 122 Å². The molecule has 4 nitrogen and oxygen atoms in total. The normalized spacial score (nSPS) is 10.1. The van der Waals surface area contributed by atoms with Gasteiger partial charge in [0.2, 0.25) is 5.91 Å². The van der Waals surface area contributed by atoms with Gasteiger partial charge in [0.05, 0.1) is 18.6 Å². The standard InChI is InChI=1S/C15H14ClNO3/c1-20-14-5-3-2-4-10(14)8-15(19)17-11-6-7-13(18)12(16)9-11/h2-7,9,18H,8H2,1H3,(H,17,19). The highest BCUT2D eigenvalue weighted by molar-refractivity contribution is 6.32. The van der Waals surface area contributed by atoms with Gasteiger partial charge >= 0.3 is 0 Å². The molecule has 2 aromatic rings. The van der Waals surface area contributed by atoms with Gasteiger partial charge in [0.25, 0.3) is 0 Å². The number of carbonyl (C=O) groups excluding carboxylic acids is 1. The lowest BCUT2D eigenvalue weighted by atomic mass is 10.1.